The van der Waals surface area contributed by atoms with E-state index in [0.717, 1.165) is 31.8 Å². The molecule has 2 aromatic heterocycles. The van der Waals surface area contributed by atoms with Crippen LogP contribution in [0.15, 0.2) is 40.2 Å². The summed E-state index contributed by atoms with van der Waals surface area (Å²) in [5.74, 6) is 0.118. The van der Waals surface area contributed by atoms with E-state index in [-0.39, 0.29) is 5.78 Å². The van der Waals surface area contributed by atoms with Crippen molar-refractivity contribution in [3.63, 3.8) is 0 Å². The maximum atomic E-state index is 12.3. The lowest BCUT2D eigenvalue weighted by atomic mass is 10.1. The first kappa shape index (κ1) is 13.5. The number of hydrogen-bond donors (Lipinski definition) is 0. The van der Waals surface area contributed by atoms with Crippen LogP contribution in [-0.4, -0.2) is 15.6 Å². The van der Waals surface area contributed by atoms with Gasteiger partial charge in [-0.3, -0.25) is 9.48 Å². The van der Waals surface area contributed by atoms with Crippen LogP contribution in [0.1, 0.15) is 22.3 Å². The molecule has 0 aliphatic rings. The molecule has 102 valence electrons. The van der Waals surface area contributed by atoms with Crippen LogP contribution in [0.3, 0.4) is 0 Å². The summed E-state index contributed by atoms with van der Waals surface area (Å²) in [4.78, 5) is 13.1. The van der Waals surface area contributed by atoms with Gasteiger partial charge in [0.05, 0.1) is 26.3 Å². The van der Waals surface area contributed by atoms with Crippen LogP contribution in [0, 0.1) is 0 Å². The van der Waals surface area contributed by atoms with Gasteiger partial charge in [-0.1, -0.05) is 18.2 Å². The maximum Gasteiger partial charge on any atom is 0.178 e. The van der Waals surface area contributed by atoms with Gasteiger partial charge in [0, 0.05) is 11.9 Å². The zero-order chi connectivity index (χ0) is 14.1. The number of thiophene rings is 1. The summed E-state index contributed by atoms with van der Waals surface area (Å²) < 4.78 is 2.92. The van der Waals surface area contributed by atoms with Gasteiger partial charge in [-0.05, 0) is 41.1 Å². The number of benzene rings is 1. The van der Waals surface area contributed by atoms with Crippen molar-refractivity contribution in [3.05, 3.63) is 50.8 Å². The van der Waals surface area contributed by atoms with Crippen molar-refractivity contribution < 1.29 is 4.79 Å². The molecule has 0 aliphatic carbocycles. The lowest BCUT2D eigenvalue weighted by molar-refractivity contribution is 0.0996. The van der Waals surface area contributed by atoms with Crippen LogP contribution in [0.25, 0.3) is 10.9 Å². The van der Waals surface area contributed by atoms with Crippen molar-refractivity contribution in [3.8, 4) is 0 Å². The third-order valence-corrected chi connectivity index (χ3v) is 4.87. The molecule has 0 N–H and O–H groups in total. The van der Waals surface area contributed by atoms with E-state index in [1.807, 2.05) is 41.1 Å². The fourth-order valence-corrected chi connectivity index (χ4v) is 3.59. The number of nitrogens with zero attached hydrogens (tertiary/aromatic N) is 2. The zero-order valence-corrected chi connectivity index (χ0v) is 13.4. The number of carbonyl (C=O) groups is 1. The number of para-hydroxylation sites is 1. The molecule has 0 aliphatic heterocycles. The summed E-state index contributed by atoms with van der Waals surface area (Å²) in [7, 11) is 0. The number of ketones is 1. The lowest BCUT2D eigenvalue weighted by Gasteiger charge is -1.95. The first-order valence-corrected chi connectivity index (χ1v) is 8.03. The summed E-state index contributed by atoms with van der Waals surface area (Å²) in [5, 5.41) is 5.64. The smallest absolute Gasteiger partial charge is 0.178 e. The van der Waals surface area contributed by atoms with Crippen molar-refractivity contribution in [1.82, 2.24) is 9.78 Å². The Balaban J connectivity index is 1.97. The highest BCUT2D eigenvalue weighted by molar-refractivity contribution is 9.11. The Bertz CT molecular complexity index is 775. The number of fused-ring (bicyclic) bond motifs is 1. The molecule has 20 heavy (non-hydrogen) atoms. The molecule has 3 rings (SSSR count). The quantitative estimate of drug-likeness (QED) is 0.658. The monoisotopic (exact) mass is 348 g/mol. The van der Waals surface area contributed by atoms with Crippen molar-refractivity contribution in [2.24, 2.45) is 0 Å². The number of Topliss-reactive ketones (excluding diaryl/α,β-unsaturated/α-hetero) is 1. The van der Waals surface area contributed by atoms with Gasteiger partial charge >= 0.3 is 0 Å². The number of halogens is 1. The minimum atomic E-state index is 0.118. The van der Waals surface area contributed by atoms with Crippen molar-refractivity contribution >= 4 is 44.0 Å². The van der Waals surface area contributed by atoms with E-state index < -0.39 is 0 Å². The van der Waals surface area contributed by atoms with Gasteiger partial charge in [-0.25, -0.2) is 0 Å². The first-order chi connectivity index (χ1) is 9.69. The highest BCUT2D eigenvalue weighted by Gasteiger charge is 2.15. The highest BCUT2D eigenvalue weighted by atomic mass is 79.9. The van der Waals surface area contributed by atoms with Crippen LogP contribution in [-0.2, 0) is 13.0 Å². The number of aromatic nitrogens is 2. The minimum Gasteiger partial charge on any atom is -0.293 e. The van der Waals surface area contributed by atoms with E-state index in [1.165, 1.54) is 11.3 Å². The summed E-state index contributed by atoms with van der Waals surface area (Å²) >= 11 is 4.85. The van der Waals surface area contributed by atoms with E-state index in [9.17, 15) is 4.79 Å². The summed E-state index contributed by atoms with van der Waals surface area (Å²) in [6, 6.07) is 11.8. The molecular weight excluding hydrogens is 336 g/mol. The molecule has 3 aromatic rings. The van der Waals surface area contributed by atoms with Gasteiger partial charge in [0.15, 0.2) is 5.78 Å². The Hall–Kier alpha value is -1.46. The van der Waals surface area contributed by atoms with Crippen molar-refractivity contribution in [2.75, 3.05) is 0 Å². The molecule has 0 fully saturated rings. The number of rotatable bonds is 4. The molecule has 0 radical (unpaired) electrons. The van der Waals surface area contributed by atoms with Crippen molar-refractivity contribution in [2.45, 2.75) is 19.9 Å². The van der Waals surface area contributed by atoms with Gasteiger partial charge in [0.2, 0.25) is 0 Å². The largest absolute Gasteiger partial charge is 0.293 e. The summed E-state index contributed by atoms with van der Waals surface area (Å²) in [6.07, 6.45) is 0.348. The molecular formula is C15H13BrN2OS. The lowest BCUT2D eigenvalue weighted by Crippen LogP contribution is -2.03. The Labute approximate surface area is 129 Å². The fourth-order valence-electron chi connectivity index (χ4n) is 2.27. The zero-order valence-electron chi connectivity index (χ0n) is 11.0. The average molecular weight is 349 g/mol. The third kappa shape index (κ3) is 2.43. The van der Waals surface area contributed by atoms with E-state index in [1.54, 1.807) is 0 Å². The first-order valence-electron chi connectivity index (χ1n) is 6.42. The SMILES string of the molecule is CCn1nc(CC(=O)c2ccc(Br)s2)c2ccccc21. The topological polar surface area (TPSA) is 34.9 Å². The molecule has 3 nitrogen and oxygen atoms in total. The molecule has 0 amide bonds. The molecule has 0 atom stereocenters. The number of hydrogen-bond acceptors (Lipinski definition) is 3. The third-order valence-electron chi connectivity index (χ3n) is 3.21. The van der Waals surface area contributed by atoms with Crippen molar-refractivity contribution in [1.29, 1.82) is 0 Å². The second-order valence-electron chi connectivity index (χ2n) is 4.48. The van der Waals surface area contributed by atoms with Crippen LogP contribution in [0.2, 0.25) is 0 Å². The Morgan fingerprint density at radius 3 is 2.80 bits per heavy atom. The molecule has 0 unspecified atom stereocenters. The second kappa shape index (κ2) is 5.50. The Morgan fingerprint density at radius 2 is 2.10 bits per heavy atom. The number of aryl methyl sites for hydroxylation is 1. The molecule has 0 saturated heterocycles. The van der Waals surface area contributed by atoms with Gasteiger partial charge in [0.25, 0.3) is 0 Å². The molecule has 1 aromatic carbocycles. The van der Waals surface area contributed by atoms with E-state index in [0.29, 0.717) is 6.42 Å². The molecule has 5 heteroatoms. The fraction of sp³-hybridized carbons (Fsp3) is 0.200. The van der Waals surface area contributed by atoms with E-state index in [2.05, 4.69) is 28.0 Å². The predicted molar refractivity (Wildman–Crippen MR) is 85.5 cm³/mol. The summed E-state index contributed by atoms with van der Waals surface area (Å²) in [6.45, 7) is 2.86. The maximum absolute atomic E-state index is 12.3. The molecule has 0 bridgehead atoms. The number of carbonyl (C=O) groups excluding carboxylic acids is 1. The van der Waals surface area contributed by atoms with Gasteiger partial charge in [0.1, 0.15) is 0 Å². The van der Waals surface area contributed by atoms with Crippen LogP contribution in [0.4, 0.5) is 0 Å². The van der Waals surface area contributed by atoms with Crippen LogP contribution < -0.4 is 0 Å². The summed E-state index contributed by atoms with van der Waals surface area (Å²) in [5.41, 5.74) is 1.95. The second-order valence-corrected chi connectivity index (χ2v) is 6.95. The van der Waals surface area contributed by atoms with Crippen LogP contribution in [0.5, 0.6) is 0 Å². The van der Waals surface area contributed by atoms with Gasteiger partial charge < -0.3 is 0 Å². The Kier molecular flexibility index (Phi) is 3.72. The molecule has 0 spiro atoms. The van der Waals surface area contributed by atoms with Crippen LogP contribution >= 0.6 is 27.3 Å². The van der Waals surface area contributed by atoms with Gasteiger partial charge in [-0.15, -0.1) is 11.3 Å². The van der Waals surface area contributed by atoms with E-state index >= 15 is 0 Å². The van der Waals surface area contributed by atoms with Gasteiger partial charge in [-0.2, -0.15) is 5.10 Å². The van der Waals surface area contributed by atoms with E-state index in [4.69, 9.17) is 0 Å². The average Bonchev–Trinajstić information content (AvgIpc) is 3.03. The predicted octanol–water partition coefficient (Wildman–Crippen LogP) is 4.31. The normalized spacial score (nSPS) is 11.1. The highest BCUT2D eigenvalue weighted by Crippen LogP contribution is 2.25. The Morgan fingerprint density at radius 1 is 1.30 bits per heavy atom. The molecule has 0 saturated carbocycles. The molecule has 2 heterocycles. The minimum absolute atomic E-state index is 0.118. The standard InChI is InChI=1S/C15H13BrN2OS/c1-2-18-12-6-4-3-5-10(12)11(17-18)9-13(19)14-7-8-15(16)20-14/h3-8H,2,9H2,1H3.